The summed E-state index contributed by atoms with van der Waals surface area (Å²) in [7, 11) is 0. The minimum atomic E-state index is -0.567. The molecule has 3 rings (SSSR count). The van der Waals surface area contributed by atoms with E-state index in [0.717, 1.165) is 32.1 Å². The molecule has 0 spiro atoms. The van der Waals surface area contributed by atoms with Crippen LogP contribution < -0.4 is 16.6 Å². The zero-order valence-corrected chi connectivity index (χ0v) is 14.6. The zero-order valence-electron chi connectivity index (χ0n) is 14.6. The lowest BCUT2D eigenvalue weighted by atomic mass is 9.81. The summed E-state index contributed by atoms with van der Waals surface area (Å²) in [5.74, 6) is -0.150. The van der Waals surface area contributed by atoms with Crippen molar-refractivity contribution in [3.05, 3.63) is 32.6 Å². The molecule has 1 aromatic heterocycles. The Bertz CT molecular complexity index is 783. The van der Waals surface area contributed by atoms with Crippen LogP contribution in [0.25, 0.3) is 0 Å². The monoisotopic (exact) mass is 348 g/mol. The van der Waals surface area contributed by atoms with Crippen LogP contribution in [0.15, 0.2) is 15.8 Å². The third kappa shape index (κ3) is 3.67. The SMILES string of the molecule is CC(=O)NC1C[C@H]2CCC[C@@H](C1)N2C(=O)Cn1cc(C)c(=O)[nH]c1=O. The first-order valence-electron chi connectivity index (χ1n) is 8.73. The number of carbonyl (C=O) groups is 2. The van der Waals surface area contributed by atoms with E-state index in [1.807, 2.05) is 4.90 Å². The highest BCUT2D eigenvalue weighted by atomic mass is 16.2. The molecular weight excluding hydrogens is 324 g/mol. The number of H-pyrrole nitrogens is 1. The average molecular weight is 348 g/mol. The van der Waals surface area contributed by atoms with Gasteiger partial charge in [0.2, 0.25) is 11.8 Å². The van der Waals surface area contributed by atoms with E-state index >= 15 is 0 Å². The van der Waals surface area contributed by atoms with E-state index in [1.54, 1.807) is 6.92 Å². The Morgan fingerprint density at radius 1 is 1.24 bits per heavy atom. The summed E-state index contributed by atoms with van der Waals surface area (Å²) >= 11 is 0. The van der Waals surface area contributed by atoms with Crippen LogP contribution in [0, 0.1) is 6.92 Å². The number of aromatic nitrogens is 2. The first-order valence-corrected chi connectivity index (χ1v) is 8.73. The minimum absolute atomic E-state index is 0.0434. The van der Waals surface area contributed by atoms with Gasteiger partial charge in [-0.3, -0.25) is 23.9 Å². The van der Waals surface area contributed by atoms with Crippen LogP contribution >= 0.6 is 0 Å². The molecule has 0 radical (unpaired) electrons. The highest BCUT2D eigenvalue weighted by Gasteiger charge is 2.40. The summed E-state index contributed by atoms with van der Waals surface area (Å²) in [6, 6.07) is 0.294. The van der Waals surface area contributed by atoms with Crippen molar-refractivity contribution in [3.8, 4) is 0 Å². The smallest absolute Gasteiger partial charge is 0.328 e. The van der Waals surface area contributed by atoms with Crippen molar-refractivity contribution in [2.75, 3.05) is 0 Å². The van der Waals surface area contributed by atoms with E-state index in [2.05, 4.69) is 10.3 Å². The molecule has 1 unspecified atom stereocenters. The number of carbonyl (C=O) groups excluding carboxylic acids is 2. The lowest BCUT2D eigenvalue weighted by molar-refractivity contribution is -0.142. The summed E-state index contributed by atoms with van der Waals surface area (Å²) in [5, 5.41) is 2.97. The molecule has 2 amide bonds. The van der Waals surface area contributed by atoms with Crippen LogP contribution in [-0.2, 0) is 16.1 Å². The normalized spacial score (nSPS) is 25.5. The highest BCUT2D eigenvalue weighted by molar-refractivity contribution is 5.77. The van der Waals surface area contributed by atoms with Crippen LogP contribution in [0.1, 0.15) is 44.6 Å². The van der Waals surface area contributed by atoms with Crippen LogP contribution in [-0.4, -0.2) is 44.4 Å². The number of aryl methyl sites for hydroxylation is 1. The number of aromatic amines is 1. The van der Waals surface area contributed by atoms with Crippen molar-refractivity contribution in [1.29, 1.82) is 0 Å². The van der Waals surface area contributed by atoms with E-state index in [0.29, 0.717) is 5.56 Å². The Hall–Kier alpha value is -2.38. The summed E-state index contributed by atoms with van der Waals surface area (Å²) in [4.78, 5) is 51.7. The number of hydrogen-bond acceptors (Lipinski definition) is 4. The van der Waals surface area contributed by atoms with Gasteiger partial charge in [0.05, 0.1) is 0 Å². The largest absolute Gasteiger partial charge is 0.353 e. The van der Waals surface area contributed by atoms with Crippen molar-refractivity contribution >= 4 is 11.8 Å². The number of amides is 2. The first-order chi connectivity index (χ1) is 11.8. The topological polar surface area (TPSA) is 104 Å². The van der Waals surface area contributed by atoms with Gasteiger partial charge >= 0.3 is 5.69 Å². The fraction of sp³-hybridized carbons (Fsp3) is 0.647. The standard InChI is InChI=1S/C17H24N4O4/c1-10-8-20(17(25)19-16(10)24)9-15(23)21-13-4-3-5-14(21)7-12(6-13)18-11(2)22/h8,12-14H,3-7,9H2,1-2H3,(H,18,22)(H,19,24,25)/t12?,13-,14+. The zero-order chi connectivity index (χ0) is 18.1. The maximum Gasteiger partial charge on any atom is 0.328 e. The molecule has 2 bridgehead atoms. The van der Waals surface area contributed by atoms with Gasteiger partial charge in [-0.15, -0.1) is 0 Å². The van der Waals surface area contributed by atoms with Gasteiger partial charge < -0.3 is 10.2 Å². The highest BCUT2D eigenvalue weighted by Crippen LogP contribution is 2.34. The molecule has 3 heterocycles. The van der Waals surface area contributed by atoms with Crippen molar-refractivity contribution in [3.63, 3.8) is 0 Å². The fourth-order valence-electron chi connectivity index (χ4n) is 4.16. The molecule has 3 atom stereocenters. The van der Waals surface area contributed by atoms with E-state index < -0.39 is 11.2 Å². The van der Waals surface area contributed by atoms with Gasteiger partial charge in [-0.25, -0.2) is 4.79 Å². The molecule has 2 aliphatic rings. The molecule has 0 aliphatic carbocycles. The summed E-state index contributed by atoms with van der Waals surface area (Å²) in [5.41, 5.74) is -0.596. The van der Waals surface area contributed by atoms with Gasteiger partial charge in [0.15, 0.2) is 0 Å². The van der Waals surface area contributed by atoms with Crippen LogP contribution in [0.2, 0.25) is 0 Å². The summed E-state index contributed by atoms with van der Waals surface area (Å²) < 4.78 is 1.26. The summed E-state index contributed by atoms with van der Waals surface area (Å²) in [6.07, 6.45) is 5.83. The molecule has 2 N–H and O–H groups in total. The molecule has 0 saturated carbocycles. The van der Waals surface area contributed by atoms with Crippen LogP contribution in [0.4, 0.5) is 0 Å². The van der Waals surface area contributed by atoms with Gasteiger partial charge in [0.1, 0.15) is 6.54 Å². The molecule has 136 valence electrons. The van der Waals surface area contributed by atoms with E-state index in [-0.39, 0.29) is 36.5 Å². The minimum Gasteiger partial charge on any atom is -0.353 e. The van der Waals surface area contributed by atoms with Gasteiger partial charge in [0, 0.05) is 36.8 Å². The molecule has 8 heteroatoms. The number of hydrogen-bond donors (Lipinski definition) is 2. The second-order valence-corrected chi connectivity index (χ2v) is 7.11. The molecule has 8 nitrogen and oxygen atoms in total. The Kier molecular flexibility index (Phi) is 4.78. The number of nitrogens with zero attached hydrogens (tertiary/aromatic N) is 2. The lowest BCUT2D eigenvalue weighted by Gasteiger charge is -2.49. The van der Waals surface area contributed by atoms with Gasteiger partial charge in [-0.1, -0.05) is 0 Å². The predicted molar refractivity (Wildman–Crippen MR) is 91.2 cm³/mol. The van der Waals surface area contributed by atoms with Crippen molar-refractivity contribution in [2.24, 2.45) is 0 Å². The van der Waals surface area contributed by atoms with Crippen molar-refractivity contribution in [1.82, 2.24) is 19.8 Å². The van der Waals surface area contributed by atoms with Crippen molar-refractivity contribution < 1.29 is 9.59 Å². The van der Waals surface area contributed by atoms with E-state index in [9.17, 15) is 19.2 Å². The summed E-state index contributed by atoms with van der Waals surface area (Å²) in [6.45, 7) is 3.04. The second-order valence-electron chi connectivity index (χ2n) is 7.11. The maximum atomic E-state index is 12.8. The molecule has 1 aromatic rings. The fourth-order valence-corrected chi connectivity index (χ4v) is 4.16. The quantitative estimate of drug-likeness (QED) is 0.795. The number of piperidine rings is 2. The van der Waals surface area contributed by atoms with Gasteiger partial charge in [0.25, 0.3) is 5.56 Å². The van der Waals surface area contributed by atoms with E-state index in [4.69, 9.17) is 0 Å². The molecule has 2 aliphatic heterocycles. The third-order valence-corrected chi connectivity index (χ3v) is 5.16. The maximum absolute atomic E-state index is 12.8. The number of fused-ring (bicyclic) bond motifs is 2. The Labute approximate surface area is 145 Å². The number of nitrogens with one attached hydrogen (secondary N) is 2. The molecule has 0 aromatic carbocycles. The molecular formula is C17H24N4O4. The van der Waals surface area contributed by atoms with Crippen LogP contribution in [0.3, 0.4) is 0 Å². The Morgan fingerprint density at radius 3 is 2.48 bits per heavy atom. The molecule has 25 heavy (non-hydrogen) atoms. The molecule has 2 fully saturated rings. The van der Waals surface area contributed by atoms with Crippen LogP contribution in [0.5, 0.6) is 0 Å². The first kappa shape index (κ1) is 17.4. The average Bonchev–Trinajstić information content (AvgIpc) is 2.51. The Balaban J connectivity index is 1.76. The lowest BCUT2D eigenvalue weighted by Crippen LogP contribution is -2.59. The van der Waals surface area contributed by atoms with E-state index in [1.165, 1.54) is 17.7 Å². The van der Waals surface area contributed by atoms with Crippen molar-refractivity contribution in [2.45, 2.75) is 70.6 Å². The third-order valence-electron chi connectivity index (χ3n) is 5.16. The predicted octanol–water partition coefficient (Wildman–Crippen LogP) is -0.107. The Morgan fingerprint density at radius 2 is 1.88 bits per heavy atom. The van der Waals surface area contributed by atoms with Gasteiger partial charge in [-0.05, 0) is 39.0 Å². The number of rotatable bonds is 3. The molecule has 2 saturated heterocycles. The van der Waals surface area contributed by atoms with Gasteiger partial charge in [-0.2, -0.15) is 0 Å². The second kappa shape index (κ2) is 6.85.